The molecule has 0 aliphatic carbocycles. The van der Waals surface area contributed by atoms with E-state index in [4.69, 9.17) is 0 Å². The van der Waals surface area contributed by atoms with E-state index in [1.165, 1.54) is 22.1 Å². The molecule has 4 rings (SSSR count). The third-order valence-corrected chi connectivity index (χ3v) is 8.50. The zero-order chi connectivity index (χ0) is 23.3. The molecule has 1 fully saturated rings. The van der Waals surface area contributed by atoms with Crippen molar-refractivity contribution < 1.29 is 13.2 Å². The number of benzene rings is 1. The van der Waals surface area contributed by atoms with Crippen LogP contribution in [0, 0.1) is 0 Å². The van der Waals surface area contributed by atoms with Crippen molar-refractivity contribution in [3.8, 4) is 0 Å². The molecule has 1 aliphatic heterocycles. The monoisotopic (exact) mass is 484 g/mol. The average molecular weight is 485 g/mol. The van der Waals surface area contributed by atoms with Crippen LogP contribution in [0.3, 0.4) is 0 Å². The van der Waals surface area contributed by atoms with Crippen LogP contribution < -0.4 is 0 Å². The number of nitrogens with one attached hydrogen (secondary N) is 1. The lowest BCUT2D eigenvalue weighted by Gasteiger charge is -2.25. The first-order valence-corrected chi connectivity index (χ1v) is 13.6. The van der Waals surface area contributed by atoms with Gasteiger partial charge < -0.3 is 9.88 Å². The maximum Gasteiger partial charge on any atom is 0.270 e. The van der Waals surface area contributed by atoms with E-state index in [1.807, 2.05) is 24.3 Å². The molecular formula is C24H28N4O3S2. The van der Waals surface area contributed by atoms with Crippen molar-refractivity contribution in [3.63, 3.8) is 0 Å². The summed E-state index contributed by atoms with van der Waals surface area (Å²) in [6.45, 7) is 3.85. The molecule has 9 heteroatoms. The molecule has 0 spiro atoms. The number of nitrogens with zero attached hydrogens (tertiary/aromatic N) is 3. The Balaban J connectivity index is 1.57. The first kappa shape index (κ1) is 23.5. The lowest BCUT2D eigenvalue weighted by atomic mass is 10.1. The molecule has 1 aliphatic rings. The summed E-state index contributed by atoms with van der Waals surface area (Å²) in [7, 11) is -3.62. The van der Waals surface area contributed by atoms with Gasteiger partial charge in [-0.15, -0.1) is 0 Å². The summed E-state index contributed by atoms with van der Waals surface area (Å²) in [4.78, 5) is 22.4. The van der Waals surface area contributed by atoms with Gasteiger partial charge in [0.25, 0.3) is 5.91 Å². The summed E-state index contributed by atoms with van der Waals surface area (Å²) < 4.78 is 27.5. The van der Waals surface area contributed by atoms with E-state index in [-0.39, 0.29) is 16.5 Å². The van der Waals surface area contributed by atoms with Crippen molar-refractivity contribution in [3.05, 3.63) is 83.4 Å². The SMILES string of the molecule is CCc1ccc(CN(Cc2cccnc2)C(=O)c2cc(S(=O)(=O)N3CCSCC3)c[nH]2)cc1. The molecule has 7 nitrogen and oxygen atoms in total. The number of rotatable bonds is 8. The number of carbonyl (C=O) groups is 1. The Morgan fingerprint density at radius 1 is 1.09 bits per heavy atom. The second kappa shape index (κ2) is 10.5. The minimum atomic E-state index is -3.62. The van der Waals surface area contributed by atoms with Crippen LogP contribution in [0.1, 0.15) is 34.1 Å². The van der Waals surface area contributed by atoms with Crippen LogP contribution in [-0.4, -0.2) is 58.1 Å². The normalized spacial score (nSPS) is 14.8. The molecule has 33 heavy (non-hydrogen) atoms. The van der Waals surface area contributed by atoms with Crippen LogP contribution in [-0.2, 0) is 29.5 Å². The maximum absolute atomic E-state index is 13.5. The van der Waals surface area contributed by atoms with E-state index in [0.29, 0.717) is 26.2 Å². The van der Waals surface area contributed by atoms with E-state index < -0.39 is 10.0 Å². The fraction of sp³-hybridized carbons (Fsp3) is 0.333. The van der Waals surface area contributed by atoms with E-state index in [0.717, 1.165) is 29.1 Å². The van der Waals surface area contributed by atoms with Crippen molar-refractivity contribution in [2.75, 3.05) is 24.6 Å². The lowest BCUT2D eigenvalue weighted by molar-refractivity contribution is 0.0724. The Kier molecular flexibility index (Phi) is 7.52. The van der Waals surface area contributed by atoms with Crippen LogP contribution in [0.4, 0.5) is 0 Å². The summed E-state index contributed by atoms with van der Waals surface area (Å²) in [6.07, 6.45) is 5.80. The quantitative estimate of drug-likeness (QED) is 0.528. The van der Waals surface area contributed by atoms with Gasteiger partial charge in [-0.1, -0.05) is 37.3 Å². The maximum atomic E-state index is 13.5. The summed E-state index contributed by atoms with van der Waals surface area (Å²) >= 11 is 1.75. The number of carbonyl (C=O) groups excluding carboxylic acids is 1. The molecule has 1 amide bonds. The first-order chi connectivity index (χ1) is 16.0. The molecule has 2 aromatic heterocycles. The van der Waals surface area contributed by atoms with Gasteiger partial charge in [0.05, 0.1) is 0 Å². The number of aromatic amines is 1. The zero-order valence-corrected chi connectivity index (χ0v) is 20.2. The summed E-state index contributed by atoms with van der Waals surface area (Å²) in [5, 5.41) is 0. The molecule has 1 saturated heterocycles. The van der Waals surface area contributed by atoms with Gasteiger partial charge in [0.1, 0.15) is 10.6 Å². The Labute approximate surface area is 199 Å². The van der Waals surface area contributed by atoms with Crippen molar-refractivity contribution in [1.82, 2.24) is 19.2 Å². The molecule has 0 saturated carbocycles. The predicted molar refractivity (Wildman–Crippen MR) is 131 cm³/mol. The topological polar surface area (TPSA) is 86.4 Å². The third kappa shape index (κ3) is 5.66. The van der Waals surface area contributed by atoms with Gasteiger partial charge in [-0.3, -0.25) is 9.78 Å². The van der Waals surface area contributed by atoms with E-state index in [2.05, 4.69) is 29.0 Å². The Morgan fingerprint density at radius 3 is 2.45 bits per heavy atom. The molecule has 3 aromatic rings. The predicted octanol–water partition coefficient (Wildman–Crippen LogP) is 3.55. The standard InChI is InChI=1S/C24H28N4O3S2/c1-2-19-5-7-20(8-6-19)17-27(18-21-4-3-9-25-15-21)24(29)23-14-22(16-26-23)33(30,31)28-10-12-32-13-11-28/h3-9,14-16,26H,2,10-13,17-18H2,1H3. The van der Waals surface area contributed by atoms with Crippen LogP contribution >= 0.6 is 11.8 Å². The molecule has 174 valence electrons. The highest BCUT2D eigenvalue weighted by Gasteiger charge is 2.28. The van der Waals surface area contributed by atoms with Gasteiger partial charge in [0.2, 0.25) is 10.0 Å². The molecule has 3 heterocycles. The Bertz CT molecular complexity index is 1170. The van der Waals surface area contributed by atoms with Gasteiger partial charge in [0, 0.05) is 56.3 Å². The zero-order valence-electron chi connectivity index (χ0n) is 18.6. The average Bonchev–Trinajstić information content (AvgIpc) is 3.36. The summed E-state index contributed by atoms with van der Waals surface area (Å²) in [5.74, 6) is 1.31. The van der Waals surface area contributed by atoms with Crippen molar-refractivity contribution in [2.45, 2.75) is 31.3 Å². The number of hydrogen-bond acceptors (Lipinski definition) is 5. The first-order valence-electron chi connectivity index (χ1n) is 11.0. The number of pyridine rings is 1. The smallest absolute Gasteiger partial charge is 0.270 e. The van der Waals surface area contributed by atoms with Gasteiger partial charge in [0.15, 0.2) is 0 Å². The fourth-order valence-electron chi connectivity index (χ4n) is 3.77. The van der Waals surface area contributed by atoms with Crippen LogP contribution in [0.15, 0.2) is 66.0 Å². The second-order valence-corrected chi connectivity index (χ2v) is 11.1. The van der Waals surface area contributed by atoms with Crippen LogP contribution in [0.5, 0.6) is 0 Å². The molecule has 1 N–H and O–H groups in total. The number of aromatic nitrogens is 2. The second-order valence-electron chi connectivity index (χ2n) is 7.96. The third-order valence-electron chi connectivity index (χ3n) is 5.68. The molecule has 1 aromatic carbocycles. The van der Waals surface area contributed by atoms with Gasteiger partial charge in [-0.2, -0.15) is 16.1 Å². The fourth-order valence-corrected chi connectivity index (χ4v) is 6.34. The Hall–Kier alpha value is -2.62. The van der Waals surface area contributed by atoms with E-state index >= 15 is 0 Å². The number of hydrogen-bond donors (Lipinski definition) is 1. The van der Waals surface area contributed by atoms with Crippen LogP contribution in [0.25, 0.3) is 0 Å². The molecular weight excluding hydrogens is 456 g/mol. The van der Waals surface area contributed by atoms with Gasteiger partial charge in [-0.25, -0.2) is 8.42 Å². The summed E-state index contributed by atoms with van der Waals surface area (Å²) in [5.41, 5.74) is 3.41. The van der Waals surface area contributed by atoms with Crippen molar-refractivity contribution in [1.29, 1.82) is 0 Å². The van der Waals surface area contributed by atoms with E-state index in [1.54, 1.807) is 29.1 Å². The number of thioether (sulfide) groups is 1. The number of amides is 1. The highest BCUT2D eigenvalue weighted by molar-refractivity contribution is 7.99. The largest absolute Gasteiger partial charge is 0.356 e. The van der Waals surface area contributed by atoms with Crippen molar-refractivity contribution in [2.24, 2.45) is 0 Å². The molecule has 0 atom stereocenters. The molecule has 0 radical (unpaired) electrons. The minimum Gasteiger partial charge on any atom is -0.356 e. The van der Waals surface area contributed by atoms with Crippen molar-refractivity contribution >= 4 is 27.7 Å². The van der Waals surface area contributed by atoms with Crippen LogP contribution in [0.2, 0.25) is 0 Å². The van der Waals surface area contributed by atoms with Gasteiger partial charge in [-0.05, 0) is 35.2 Å². The number of aryl methyl sites for hydroxylation is 1. The molecule has 0 unspecified atom stereocenters. The minimum absolute atomic E-state index is 0.131. The van der Waals surface area contributed by atoms with E-state index in [9.17, 15) is 13.2 Å². The highest BCUT2D eigenvalue weighted by Crippen LogP contribution is 2.22. The number of sulfonamides is 1. The molecule has 0 bridgehead atoms. The highest BCUT2D eigenvalue weighted by atomic mass is 32.2. The lowest BCUT2D eigenvalue weighted by Crippen LogP contribution is -2.37. The Morgan fingerprint density at radius 2 is 1.79 bits per heavy atom. The number of H-pyrrole nitrogens is 1. The summed E-state index contributed by atoms with van der Waals surface area (Å²) in [6, 6.07) is 13.4. The van der Waals surface area contributed by atoms with Gasteiger partial charge >= 0.3 is 0 Å².